The van der Waals surface area contributed by atoms with Crippen molar-refractivity contribution in [2.24, 2.45) is 0 Å². The standard InChI is InChI=1S/C28H58O2Si.C4H12N/c1-7-10-11-12-13-14-15-16-17-18-19-20-21-22-23-24-25-26-27(29)30-31(8-2,9-3)28(4,5)6;1-5(2,3)4/h7-26H2,1-6H3;1-4H3/q;+1. The van der Waals surface area contributed by atoms with Crippen molar-refractivity contribution in [3.05, 3.63) is 0 Å². The Morgan fingerprint density at radius 2 is 0.861 bits per heavy atom. The molecule has 0 aliphatic rings. The molecule has 36 heavy (non-hydrogen) atoms. The lowest BCUT2D eigenvalue weighted by molar-refractivity contribution is -0.849. The Bertz CT molecular complexity index is 483. The fourth-order valence-electron chi connectivity index (χ4n) is 4.87. The van der Waals surface area contributed by atoms with Crippen molar-refractivity contribution in [1.29, 1.82) is 0 Å². The van der Waals surface area contributed by atoms with Crippen LogP contribution in [0.25, 0.3) is 0 Å². The smallest absolute Gasteiger partial charge is 0.292 e. The average Bonchev–Trinajstić information content (AvgIpc) is 2.77. The van der Waals surface area contributed by atoms with Crippen molar-refractivity contribution >= 4 is 14.3 Å². The number of unbranched alkanes of at least 4 members (excludes halogenated alkanes) is 16. The lowest BCUT2D eigenvalue weighted by Gasteiger charge is -2.40. The van der Waals surface area contributed by atoms with Crippen LogP contribution in [0.3, 0.4) is 0 Å². The van der Waals surface area contributed by atoms with Crippen LogP contribution in [0.2, 0.25) is 17.1 Å². The zero-order valence-electron chi connectivity index (χ0n) is 26.9. The average molecular weight is 529 g/mol. The zero-order valence-corrected chi connectivity index (χ0v) is 27.9. The molecular formula is C32H70NO2Si+. The van der Waals surface area contributed by atoms with Crippen LogP contribution in [-0.2, 0) is 9.22 Å². The third-order valence-electron chi connectivity index (χ3n) is 7.30. The van der Waals surface area contributed by atoms with Crippen LogP contribution in [0.5, 0.6) is 0 Å². The summed E-state index contributed by atoms with van der Waals surface area (Å²) in [5.41, 5.74) is 0. The second kappa shape index (κ2) is 22.6. The zero-order chi connectivity index (χ0) is 27.9. The molecule has 0 aliphatic carbocycles. The van der Waals surface area contributed by atoms with Gasteiger partial charge in [0.25, 0.3) is 14.3 Å². The van der Waals surface area contributed by atoms with Crippen LogP contribution in [-0.4, -0.2) is 47.0 Å². The van der Waals surface area contributed by atoms with Gasteiger partial charge in [0.2, 0.25) is 0 Å². The van der Waals surface area contributed by atoms with Gasteiger partial charge in [-0.05, 0) is 23.5 Å². The summed E-state index contributed by atoms with van der Waals surface area (Å²) in [7, 11) is 6.53. The normalized spacial score (nSPS) is 12.3. The van der Waals surface area contributed by atoms with Crippen molar-refractivity contribution in [2.45, 2.75) is 174 Å². The molecule has 0 unspecified atom stereocenters. The lowest BCUT2D eigenvalue weighted by Crippen LogP contribution is -2.47. The molecule has 0 saturated carbocycles. The molecular weight excluding hydrogens is 458 g/mol. The minimum Gasteiger partial charge on any atom is -0.519 e. The molecule has 0 aromatic carbocycles. The fourth-order valence-corrected chi connectivity index (χ4v) is 8.63. The van der Waals surface area contributed by atoms with Gasteiger partial charge in [-0.15, -0.1) is 0 Å². The van der Waals surface area contributed by atoms with E-state index < -0.39 is 8.32 Å². The van der Waals surface area contributed by atoms with E-state index in [4.69, 9.17) is 4.43 Å². The molecule has 0 aromatic heterocycles. The van der Waals surface area contributed by atoms with Gasteiger partial charge in [0.1, 0.15) is 0 Å². The van der Waals surface area contributed by atoms with E-state index in [1.165, 1.54) is 103 Å². The van der Waals surface area contributed by atoms with Gasteiger partial charge in [0.15, 0.2) is 0 Å². The topological polar surface area (TPSA) is 26.3 Å². The highest BCUT2D eigenvalue weighted by atomic mass is 28.4. The van der Waals surface area contributed by atoms with Crippen LogP contribution < -0.4 is 0 Å². The fraction of sp³-hybridized carbons (Fsp3) is 0.969. The number of carbonyl (C=O) groups excluding carboxylic acids is 1. The van der Waals surface area contributed by atoms with Crippen LogP contribution in [0, 0.1) is 0 Å². The first kappa shape index (κ1) is 37.8. The molecule has 218 valence electrons. The molecule has 0 N–H and O–H groups in total. The molecule has 0 fully saturated rings. The van der Waals surface area contributed by atoms with E-state index in [0.717, 1.165) is 23.0 Å². The summed E-state index contributed by atoms with van der Waals surface area (Å²) in [6.07, 6.45) is 23.9. The monoisotopic (exact) mass is 529 g/mol. The SMILES string of the molecule is CCCCCCCCCCCCCCCCCCCC(=O)O[Si](CC)(CC)C(C)(C)C.C[N+](C)(C)C. The molecule has 0 aliphatic heterocycles. The van der Waals surface area contributed by atoms with E-state index in [2.05, 4.69) is 69.7 Å². The van der Waals surface area contributed by atoms with Gasteiger partial charge in [-0.25, -0.2) is 0 Å². The second-order valence-electron chi connectivity index (χ2n) is 13.5. The molecule has 0 saturated heterocycles. The predicted octanol–water partition coefficient (Wildman–Crippen LogP) is 10.7. The first-order chi connectivity index (χ1) is 16.8. The van der Waals surface area contributed by atoms with Crippen LogP contribution >= 0.6 is 0 Å². The molecule has 4 heteroatoms. The van der Waals surface area contributed by atoms with Crippen molar-refractivity contribution in [2.75, 3.05) is 28.2 Å². The van der Waals surface area contributed by atoms with Crippen molar-refractivity contribution in [3.8, 4) is 0 Å². The Morgan fingerprint density at radius 3 is 1.11 bits per heavy atom. The highest BCUT2D eigenvalue weighted by Crippen LogP contribution is 2.42. The Kier molecular flexibility index (Phi) is 23.7. The van der Waals surface area contributed by atoms with Crippen molar-refractivity contribution in [3.63, 3.8) is 0 Å². The van der Waals surface area contributed by atoms with E-state index >= 15 is 0 Å². The molecule has 0 atom stereocenters. The van der Waals surface area contributed by atoms with E-state index in [1.54, 1.807) is 0 Å². The lowest BCUT2D eigenvalue weighted by atomic mass is 10.0. The first-order valence-corrected chi connectivity index (χ1v) is 18.2. The van der Waals surface area contributed by atoms with Gasteiger partial charge in [-0.3, -0.25) is 4.79 Å². The summed E-state index contributed by atoms with van der Waals surface area (Å²) in [5, 5.41) is 0.125. The highest BCUT2D eigenvalue weighted by Gasteiger charge is 2.46. The molecule has 0 amide bonds. The van der Waals surface area contributed by atoms with Gasteiger partial charge in [-0.1, -0.05) is 144 Å². The first-order valence-electron chi connectivity index (χ1n) is 15.8. The Labute approximate surface area is 230 Å². The van der Waals surface area contributed by atoms with Gasteiger partial charge >= 0.3 is 0 Å². The summed E-state index contributed by atoms with van der Waals surface area (Å²) in [6.45, 7) is 13.4. The number of hydrogen-bond acceptors (Lipinski definition) is 2. The highest BCUT2D eigenvalue weighted by molar-refractivity contribution is 6.77. The second-order valence-corrected chi connectivity index (χ2v) is 18.6. The minimum atomic E-state index is -1.97. The summed E-state index contributed by atoms with van der Waals surface area (Å²) < 4.78 is 7.13. The van der Waals surface area contributed by atoms with Crippen molar-refractivity contribution < 1.29 is 13.7 Å². The maximum absolute atomic E-state index is 12.4. The molecule has 0 radical (unpaired) electrons. The Morgan fingerprint density at radius 1 is 0.583 bits per heavy atom. The quantitative estimate of drug-likeness (QED) is 0.0841. The molecule has 0 aromatic rings. The van der Waals surface area contributed by atoms with Gasteiger partial charge in [0.05, 0.1) is 28.2 Å². The van der Waals surface area contributed by atoms with Gasteiger partial charge < -0.3 is 8.91 Å². The molecule has 0 rings (SSSR count). The predicted molar refractivity (Wildman–Crippen MR) is 165 cm³/mol. The van der Waals surface area contributed by atoms with E-state index in [-0.39, 0.29) is 11.0 Å². The number of rotatable bonds is 21. The molecule has 0 spiro atoms. The van der Waals surface area contributed by atoms with Gasteiger partial charge in [0, 0.05) is 6.42 Å². The summed E-state index contributed by atoms with van der Waals surface area (Å²) in [4.78, 5) is 12.4. The summed E-state index contributed by atoms with van der Waals surface area (Å²) >= 11 is 0. The molecule has 0 heterocycles. The third kappa shape index (κ3) is 24.0. The van der Waals surface area contributed by atoms with Crippen LogP contribution in [0.1, 0.15) is 157 Å². The summed E-state index contributed by atoms with van der Waals surface area (Å²) in [5.74, 6) is 0.0613. The molecule has 0 bridgehead atoms. The third-order valence-corrected chi connectivity index (χ3v) is 12.9. The van der Waals surface area contributed by atoms with Crippen LogP contribution in [0.4, 0.5) is 0 Å². The van der Waals surface area contributed by atoms with Crippen LogP contribution in [0.15, 0.2) is 0 Å². The van der Waals surface area contributed by atoms with Gasteiger partial charge in [-0.2, -0.15) is 0 Å². The van der Waals surface area contributed by atoms with Crippen molar-refractivity contribution in [1.82, 2.24) is 0 Å². The number of quaternary nitrogens is 1. The maximum atomic E-state index is 12.4. The molecule has 3 nitrogen and oxygen atoms in total. The van der Waals surface area contributed by atoms with E-state index in [9.17, 15) is 4.79 Å². The summed E-state index contributed by atoms with van der Waals surface area (Å²) in [6, 6.07) is 2.05. The Hall–Kier alpha value is -0.353. The minimum absolute atomic E-state index is 0.0613. The van der Waals surface area contributed by atoms with E-state index in [0.29, 0.717) is 6.42 Å². The number of carbonyl (C=O) groups is 1. The number of hydrogen-bond donors (Lipinski definition) is 0. The Balaban J connectivity index is 0. The van der Waals surface area contributed by atoms with E-state index in [1.807, 2.05) is 0 Å². The maximum Gasteiger partial charge on any atom is 0.292 e. The number of nitrogens with zero attached hydrogens (tertiary/aromatic N) is 1. The largest absolute Gasteiger partial charge is 0.519 e.